The topological polar surface area (TPSA) is 33.3 Å². The SMILES string of the molecule is C1COCCN1.CNCCSC. The van der Waals surface area contributed by atoms with Gasteiger partial charge in [-0.3, -0.25) is 0 Å². The molecule has 0 spiro atoms. The van der Waals surface area contributed by atoms with Gasteiger partial charge in [0.1, 0.15) is 0 Å². The predicted molar refractivity (Wildman–Crippen MR) is 56.0 cm³/mol. The number of hydrogen-bond donors (Lipinski definition) is 2. The molecular weight excluding hydrogens is 172 g/mol. The molecule has 2 N–H and O–H groups in total. The maximum atomic E-state index is 5.01. The molecule has 0 atom stereocenters. The van der Waals surface area contributed by atoms with Crippen LogP contribution < -0.4 is 10.6 Å². The van der Waals surface area contributed by atoms with Gasteiger partial charge in [0, 0.05) is 25.4 Å². The molecule has 0 radical (unpaired) electrons. The van der Waals surface area contributed by atoms with Gasteiger partial charge in [0.15, 0.2) is 0 Å². The summed E-state index contributed by atoms with van der Waals surface area (Å²) in [6.45, 7) is 4.96. The summed E-state index contributed by atoms with van der Waals surface area (Å²) in [5, 5.41) is 6.21. The van der Waals surface area contributed by atoms with E-state index in [4.69, 9.17) is 4.74 Å². The van der Waals surface area contributed by atoms with E-state index in [1.165, 1.54) is 5.75 Å². The van der Waals surface area contributed by atoms with Crippen LogP contribution >= 0.6 is 11.8 Å². The Labute approximate surface area is 79.6 Å². The summed E-state index contributed by atoms with van der Waals surface area (Å²) in [6.07, 6.45) is 2.11. The van der Waals surface area contributed by atoms with E-state index in [-0.39, 0.29) is 0 Å². The van der Waals surface area contributed by atoms with Crippen molar-refractivity contribution in [2.24, 2.45) is 0 Å². The van der Waals surface area contributed by atoms with E-state index in [9.17, 15) is 0 Å². The first-order valence-electron chi connectivity index (χ1n) is 4.33. The van der Waals surface area contributed by atoms with Gasteiger partial charge in [0.25, 0.3) is 0 Å². The van der Waals surface area contributed by atoms with E-state index in [0.717, 1.165) is 32.8 Å². The summed E-state index contributed by atoms with van der Waals surface area (Å²) in [5.74, 6) is 1.22. The quantitative estimate of drug-likeness (QED) is 0.625. The zero-order chi connectivity index (χ0) is 9.07. The molecule has 0 bridgehead atoms. The van der Waals surface area contributed by atoms with Crippen molar-refractivity contribution in [3.8, 4) is 0 Å². The first-order chi connectivity index (χ1) is 5.91. The fourth-order valence-corrected chi connectivity index (χ4v) is 1.13. The monoisotopic (exact) mass is 192 g/mol. The van der Waals surface area contributed by atoms with Crippen molar-refractivity contribution >= 4 is 11.8 Å². The van der Waals surface area contributed by atoms with Gasteiger partial charge in [0.2, 0.25) is 0 Å². The minimum Gasteiger partial charge on any atom is -0.379 e. The molecule has 74 valence electrons. The van der Waals surface area contributed by atoms with Gasteiger partial charge >= 0.3 is 0 Å². The Morgan fingerprint density at radius 1 is 1.42 bits per heavy atom. The third kappa shape index (κ3) is 10.2. The van der Waals surface area contributed by atoms with Gasteiger partial charge in [-0.15, -0.1) is 0 Å². The Balaban J connectivity index is 0.000000202. The van der Waals surface area contributed by atoms with Crippen LogP contribution in [0.4, 0.5) is 0 Å². The van der Waals surface area contributed by atoms with Crippen molar-refractivity contribution in [1.82, 2.24) is 10.6 Å². The van der Waals surface area contributed by atoms with E-state index in [2.05, 4.69) is 16.9 Å². The molecule has 0 aromatic carbocycles. The summed E-state index contributed by atoms with van der Waals surface area (Å²) in [5.41, 5.74) is 0. The molecule has 1 saturated heterocycles. The Morgan fingerprint density at radius 2 is 2.08 bits per heavy atom. The number of thioether (sulfide) groups is 1. The Kier molecular flexibility index (Phi) is 11.4. The number of morpholine rings is 1. The third-order valence-corrected chi connectivity index (χ3v) is 2.01. The highest BCUT2D eigenvalue weighted by Crippen LogP contribution is 1.85. The molecule has 12 heavy (non-hydrogen) atoms. The fourth-order valence-electron chi connectivity index (χ4n) is 0.720. The van der Waals surface area contributed by atoms with E-state index in [0.29, 0.717) is 0 Å². The maximum Gasteiger partial charge on any atom is 0.0591 e. The van der Waals surface area contributed by atoms with Crippen LogP contribution in [-0.4, -0.2) is 51.9 Å². The zero-order valence-electron chi connectivity index (χ0n) is 8.06. The van der Waals surface area contributed by atoms with E-state index in [1.807, 2.05) is 18.8 Å². The van der Waals surface area contributed by atoms with Crippen molar-refractivity contribution in [1.29, 1.82) is 0 Å². The molecule has 1 heterocycles. The van der Waals surface area contributed by atoms with Gasteiger partial charge in [-0.25, -0.2) is 0 Å². The van der Waals surface area contributed by atoms with Crippen LogP contribution in [0.25, 0.3) is 0 Å². The van der Waals surface area contributed by atoms with Crippen molar-refractivity contribution in [2.75, 3.05) is 51.9 Å². The molecular formula is C8H20N2OS. The zero-order valence-corrected chi connectivity index (χ0v) is 8.88. The first kappa shape index (κ1) is 12.2. The first-order valence-corrected chi connectivity index (χ1v) is 5.73. The Bertz CT molecular complexity index is 63.9. The summed E-state index contributed by atoms with van der Waals surface area (Å²) >= 11 is 1.86. The van der Waals surface area contributed by atoms with Crippen LogP contribution in [0.5, 0.6) is 0 Å². The molecule has 1 aliphatic rings. The van der Waals surface area contributed by atoms with Crippen LogP contribution in [0, 0.1) is 0 Å². The molecule has 1 fully saturated rings. The molecule has 0 saturated carbocycles. The summed E-state index contributed by atoms with van der Waals surface area (Å²) < 4.78 is 5.01. The van der Waals surface area contributed by atoms with Crippen molar-refractivity contribution in [2.45, 2.75) is 0 Å². The largest absolute Gasteiger partial charge is 0.379 e. The number of rotatable bonds is 3. The van der Waals surface area contributed by atoms with E-state index >= 15 is 0 Å². The summed E-state index contributed by atoms with van der Waals surface area (Å²) in [7, 11) is 1.97. The maximum absolute atomic E-state index is 5.01. The highest BCUT2D eigenvalue weighted by atomic mass is 32.2. The lowest BCUT2D eigenvalue weighted by Crippen LogP contribution is -2.30. The standard InChI is InChI=1S/C4H9NO.C4H11NS/c1-3-6-4-2-5-1;1-5-3-4-6-2/h5H,1-4H2;5H,3-4H2,1-2H3. The number of ether oxygens (including phenoxy) is 1. The van der Waals surface area contributed by atoms with Crippen molar-refractivity contribution in [3.63, 3.8) is 0 Å². The van der Waals surface area contributed by atoms with Crippen molar-refractivity contribution in [3.05, 3.63) is 0 Å². The van der Waals surface area contributed by atoms with Gasteiger partial charge in [0.05, 0.1) is 13.2 Å². The molecule has 0 aromatic rings. The normalized spacial score (nSPS) is 16.5. The minimum absolute atomic E-state index is 0.889. The number of hydrogen-bond acceptors (Lipinski definition) is 4. The Morgan fingerprint density at radius 3 is 2.25 bits per heavy atom. The number of nitrogens with one attached hydrogen (secondary N) is 2. The van der Waals surface area contributed by atoms with Crippen LogP contribution in [-0.2, 0) is 4.74 Å². The molecule has 1 rings (SSSR count). The van der Waals surface area contributed by atoms with Gasteiger partial charge in [-0.2, -0.15) is 11.8 Å². The highest BCUT2D eigenvalue weighted by molar-refractivity contribution is 7.98. The second kappa shape index (κ2) is 11.2. The predicted octanol–water partition coefficient (Wildman–Crippen LogP) is 0.175. The molecule has 4 heteroatoms. The third-order valence-electron chi connectivity index (χ3n) is 1.40. The van der Waals surface area contributed by atoms with Gasteiger partial charge < -0.3 is 15.4 Å². The molecule has 0 aromatic heterocycles. The lowest BCUT2D eigenvalue weighted by atomic mass is 10.5. The Hall–Kier alpha value is 0.230. The minimum atomic E-state index is 0.889. The molecule has 0 aliphatic carbocycles. The average Bonchev–Trinajstić information content (AvgIpc) is 2.18. The van der Waals surface area contributed by atoms with Crippen LogP contribution in [0.15, 0.2) is 0 Å². The second-order valence-corrected chi connectivity index (χ2v) is 3.44. The molecule has 3 nitrogen and oxygen atoms in total. The van der Waals surface area contributed by atoms with Gasteiger partial charge in [-0.05, 0) is 13.3 Å². The van der Waals surface area contributed by atoms with Crippen LogP contribution in [0.2, 0.25) is 0 Å². The molecule has 1 aliphatic heterocycles. The van der Waals surface area contributed by atoms with Gasteiger partial charge in [-0.1, -0.05) is 0 Å². The fraction of sp³-hybridized carbons (Fsp3) is 1.00. The lowest BCUT2D eigenvalue weighted by Gasteiger charge is -2.10. The molecule has 0 unspecified atom stereocenters. The second-order valence-electron chi connectivity index (χ2n) is 2.46. The van der Waals surface area contributed by atoms with Crippen molar-refractivity contribution < 1.29 is 4.74 Å². The molecule has 0 amide bonds. The smallest absolute Gasteiger partial charge is 0.0591 e. The summed E-state index contributed by atoms with van der Waals surface area (Å²) in [6, 6.07) is 0. The van der Waals surface area contributed by atoms with E-state index in [1.54, 1.807) is 0 Å². The van der Waals surface area contributed by atoms with Crippen LogP contribution in [0.3, 0.4) is 0 Å². The summed E-state index contributed by atoms with van der Waals surface area (Å²) in [4.78, 5) is 0. The highest BCUT2D eigenvalue weighted by Gasteiger charge is 1.92. The van der Waals surface area contributed by atoms with E-state index < -0.39 is 0 Å². The average molecular weight is 192 g/mol. The van der Waals surface area contributed by atoms with Crippen LogP contribution in [0.1, 0.15) is 0 Å². The lowest BCUT2D eigenvalue weighted by molar-refractivity contribution is 0.109.